The van der Waals surface area contributed by atoms with Crippen LogP contribution in [0.4, 0.5) is 0 Å². The van der Waals surface area contributed by atoms with Crippen molar-refractivity contribution in [3.05, 3.63) is 71.8 Å². The van der Waals surface area contributed by atoms with E-state index >= 15 is 0 Å². The maximum atomic E-state index is 13.2. The molecule has 0 N–H and O–H groups in total. The molecule has 0 aromatic heterocycles. The van der Waals surface area contributed by atoms with Gasteiger partial charge in [-0.15, -0.1) is 0 Å². The first-order chi connectivity index (χ1) is 11.3. The summed E-state index contributed by atoms with van der Waals surface area (Å²) in [5.74, 6) is 0.0823. The predicted molar refractivity (Wildman–Crippen MR) is 88.9 cm³/mol. The molecule has 2 aromatic rings. The highest BCUT2D eigenvalue weighted by Gasteiger charge is 2.52. The highest BCUT2D eigenvalue weighted by atomic mass is 16.5. The van der Waals surface area contributed by atoms with E-state index in [0.29, 0.717) is 6.61 Å². The number of hydrogen-bond donors (Lipinski definition) is 0. The molecule has 1 amide bonds. The van der Waals surface area contributed by atoms with Crippen LogP contribution in [-0.2, 0) is 4.74 Å². The van der Waals surface area contributed by atoms with E-state index in [1.807, 2.05) is 53.4 Å². The van der Waals surface area contributed by atoms with Crippen LogP contribution in [0.2, 0.25) is 0 Å². The van der Waals surface area contributed by atoms with Gasteiger partial charge in [-0.25, -0.2) is 0 Å². The van der Waals surface area contributed by atoms with E-state index in [4.69, 9.17) is 4.74 Å². The van der Waals surface area contributed by atoms with Crippen molar-refractivity contribution in [1.29, 1.82) is 0 Å². The molecule has 4 rings (SSSR count). The average Bonchev–Trinajstić information content (AvgIpc) is 3.24. The number of carbonyl (C=O) groups excluding carboxylic acids is 1. The normalized spacial score (nSPS) is 22.6. The topological polar surface area (TPSA) is 29.5 Å². The van der Waals surface area contributed by atoms with Gasteiger partial charge >= 0.3 is 0 Å². The number of rotatable bonds is 2. The Labute approximate surface area is 136 Å². The number of carbonyl (C=O) groups is 1. The van der Waals surface area contributed by atoms with E-state index in [-0.39, 0.29) is 11.9 Å². The SMILES string of the molecule is O=C(c1ccccc1)N1C(c2ccccc2)COC12CCCC2. The van der Waals surface area contributed by atoms with Crippen LogP contribution in [0.1, 0.15) is 47.6 Å². The predicted octanol–water partition coefficient (Wildman–Crippen LogP) is 4.17. The third-order valence-electron chi connectivity index (χ3n) is 5.07. The first-order valence-electron chi connectivity index (χ1n) is 8.38. The molecule has 2 aliphatic rings. The molecule has 1 spiro atoms. The molecular formula is C20H21NO2. The van der Waals surface area contributed by atoms with Crippen LogP contribution in [0, 0.1) is 0 Å². The lowest BCUT2D eigenvalue weighted by Crippen LogP contribution is -2.47. The lowest BCUT2D eigenvalue weighted by molar-refractivity contribution is -0.0642. The third kappa shape index (κ3) is 2.45. The minimum absolute atomic E-state index is 0.00186. The molecule has 1 heterocycles. The van der Waals surface area contributed by atoms with Gasteiger partial charge in [-0.3, -0.25) is 4.79 Å². The smallest absolute Gasteiger partial charge is 0.256 e. The summed E-state index contributed by atoms with van der Waals surface area (Å²) >= 11 is 0. The van der Waals surface area contributed by atoms with Crippen molar-refractivity contribution < 1.29 is 9.53 Å². The molecule has 1 aliphatic carbocycles. The summed E-state index contributed by atoms with van der Waals surface area (Å²) in [6.45, 7) is 0.586. The molecule has 2 fully saturated rings. The molecule has 1 saturated heterocycles. The molecule has 1 aliphatic heterocycles. The Balaban J connectivity index is 1.74. The van der Waals surface area contributed by atoms with Gasteiger partial charge in [0.05, 0.1) is 12.6 Å². The Hall–Kier alpha value is -2.13. The number of ether oxygens (including phenoxy) is 1. The summed E-state index contributed by atoms with van der Waals surface area (Å²) in [5.41, 5.74) is 1.48. The molecule has 2 aromatic carbocycles. The zero-order valence-corrected chi connectivity index (χ0v) is 13.2. The van der Waals surface area contributed by atoms with Gasteiger partial charge in [0, 0.05) is 5.56 Å². The fourth-order valence-electron chi connectivity index (χ4n) is 3.94. The van der Waals surface area contributed by atoms with Crippen molar-refractivity contribution in [3.8, 4) is 0 Å². The minimum atomic E-state index is -0.409. The average molecular weight is 307 g/mol. The first-order valence-corrected chi connectivity index (χ1v) is 8.38. The molecule has 1 atom stereocenters. The van der Waals surface area contributed by atoms with Gasteiger partial charge in [-0.2, -0.15) is 0 Å². The standard InChI is InChI=1S/C20H21NO2/c22-19(17-11-5-2-6-12-17)21-18(16-9-3-1-4-10-16)15-23-20(21)13-7-8-14-20/h1-6,9-12,18H,7-8,13-15H2. The van der Waals surface area contributed by atoms with Crippen molar-refractivity contribution in [3.63, 3.8) is 0 Å². The van der Waals surface area contributed by atoms with Crippen LogP contribution in [-0.4, -0.2) is 23.1 Å². The van der Waals surface area contributed by atoms with Crippen LogP contribution < -0.4 is 0 Å². The largest absolute Gasteiger partial charge is 0.353 e. The quantitative estimate of drug-likeness (QED) is 0.833. The van der Waals surface area contributed by atoms with Crippen molar-refractivity contribution in [1.82, 2.24) is 4.90 Å². The van der Waals surface area contributed by atoms with E-state index in [1.54, 1.807) is 0 Å². The van der Waals surface area contributed by atoms with Gasteiger partial charge in [0.1, 0.15) is 5.72 Å². The molecule has 3 heteroatoms. The van der Waals surface area contributed by atoms with E-state index in [1.165, 1.54) is 0 Å². The molecule has 0 radical (unpaired) electrons. The van der Waals surface area contributed by atoms with Crippen LogP contribution in [0.25, 0.3) is 0 Å². The fraction of sp³-hybridized carbons (Fsp3) is 0.350. The molecule has 118 valence electrons. The van der Waals surface area contributed by atoms with E-state index < -0.39 is 5.72 Å². The zero-order valence-electron chi connectivity index (χ0n) is 13.2. The molecule has 1 saturated carbocycles. The summed E-state index contributed by atoms with van der Waals surface area (Å²) in [5, 5.41) is 0. The molecule has 0 bridgehead atoms. The molecule has 23 heavy (non-hydrogen) atoms. The summed E-state index contributed by atoms with van der Waals surface area (Å²) in [7, 11) is 0. The minimum Gasteiger partial charge on any atom is -0.353 e. The lowest BCUT2D eigenvalue weighted by atomic mass is 10.0. The third-order valence-corrected chi connectivity index (χ3v) is 5.07. The molecular weight excluding hydrogens is 286 g/mol. The summed E-state index contributed by atoms with van der Waals surface area (Å²) in [6.07, 6.45) is 4.13. The monoisotopic (exact) mass is 307 g/mol. The van der Waals surface area contributed by atoms with Crippen molar-refractivity contribution in [2.45, 2.75) is 37.5 Å². The van der Waals surface area contributed by atoms with Crippen molar-refractivity contribution in [2.24, 2.45) is 0 Å². The summed E-state index contributed by atoms with van der Waals surface area (Å²) in [4.78, 5) is 15.3. The van der Waals surface area contributed by atoms with Gasteiger partial charge in [0.25, 0.3) is 5.91 Å². The maximum Gasteiger partial charge on any atom is 0.256 e. The number of hydrogen-bond acceptors (Lipinski definition) is 2. The van der Waals surface area contributed by atoms with Crippen molar-refractivity contribution >= 4 is 5.91 Å². The Morgan fingerprint density at radius 3 is 2.22 bits per heavy atom. The zero-order chi connectivity index (χ0) is 15.7. The van der Waals surface area contributed by atoms with Crippen LogP contribution in [0.5, 0.6) is 0 Å². The molecule has 3 nitrogen and oxygen atoms in total. The Morgan fingerprint density at radius 2 is 1.57 bits per heavy atom. The second-order valence-corrected chi connectivity index (χ2v) is 6.43. The summed E-state index contributed by atoms with van der Waals surface area (Å²) in [6, 6.07) is 19.8. The lowest BCUT2D eigenvalue weighted by Gasteiger charge is -2.36. The van der Waals surface area contributed by atoms with Gasteiger partial charge in [0.2, 0.25) is 0 Å². The van der Waals surface area contributed by atoms with Gasteiger partial charge in [-0.1, -0.05) is 48.5 Å². The molecule has 1 unspecified atom stereocenters. The van der Waals surface area contributed by atoms with Crippen LogP contribution in [0.15, 0.2) is 60.7 Å². The van der Waals surface area contributed by atoms with Gasteiger partial charge in [0.15, 0.2) is 0 Å². The van der Waals surface area contributed by atoms with E-state index in [9.17, 15) is 4.79 Å². The first kappa shape index (κ1) is 14.5. The highest BCUT2D eigenvalue weighted by molar-refractivity contribution is 5.95. The van der Waals surface area contributed by atoms with Crippen LogP contribution >= 0.6 is 0 Å². The number of benzene rings is 2. The maximum absolute atomic E-state index is 13.2. The Kier molecular flexibility index (Phi) is 3.66. The Morgan fingerprint density at radius 1 is 0.957 bits per heavy atom. The van der Waals surface area contributed by atoms with Gasteiger partial charge < -0.3 is 9.64 Å². The highest BCUT2D eigenvalue weighted by Crippen LogP contribution is 2.47. The fourth-order valence-corrected chi connectivity index (χ4v) is 3.94. The summed E-state index contributed by atoms with van der Waals surface area (Å²) < 4.78 is 6.23. The number of nitrogens with zero attached hydrogens (tertiary/aromatic N) is 1. The van der Waals surface area contributed by atoms with E-state index in [0.717, 1.165) is 36.8 Å². The Bertz CT molecular complexity index is 677. The van der Waals surface area contributed by atoms with E-state index in [2.05, 4.69) is 12.1 Å². The number of amides is 1. The van der Waals surface area contributed by atoms with Gasteiger partial charge in [-0.05, 0) is 43.4 Å². The second-order valence-electron chi connectivity index (χ2n) is 6.43. The van der Waals surface area contributed by atoms with Crippen molar-refractivity contribution in [2.75, 3.05) is 6.61 Å². The second kappa shape index (κ2) is 5.82. The van der Waals surface area contributed by atoms with Crippen LogP contribution in [0.3, 0.4) is 0 Å².